The molecule has 0 atom stereocenters. The van der Waals surface area contributed by atoms with E-state index in [2.05, 4.69) is 12.6 Å². The minimum Gasteiger partial charge on any atom is -0.478 e. The summed E-state index contributed by atoms with van der Waals surface area (Å²) < 4.78 is 0.500. The maximum atomic E-state index is 10.2. The van der Waals surface area contributed by atoms with Crippen LogP contribution in [-0.4, -0.2) is 37.2 Å². The van der Waals surface area contributed by atoms with Crippen molar-refractivity contribution >= 4 is 51.2 Å². The third-order valence-electron chi connectivity index (χ3n) is 1.44. The SMILES string of the molecule is O=C(O)C=CC[SH](CC=CC(=O)O)C(=S)S. The van der Waals surface area contributed by atoms with Crippen LogP contribution in [0.25, 0.3) is 0 Å². The van der Waals surface area contributed by atoms with Crippen LogP contribution in [-0.2, 0) is 9.59 Å². The highest BCUT2D eigenvalue weighted by molar-refractivity contribution is 8.50. The minimum absolute atomic E-state index is 0.494. The van der Waals surface area contributed by atoms with Gasteiger partial charge in [0.25, 0.3) is 0 Å². The predicted molar refractivity (Wildman–Crippen MR) is 73.9 cm³/mol. The van der Waals surface area contributed by atoms with Crippen molar-refractivity contribution in [2.24, 2.45) is 0 Å². The van der Waals surface area contributed by atoms with E-state index in [9.17, 15) is 9.59 Å². The highest BCUT2D eigenvalue weighted by atomic mass is 32.3. The van der Waals surface area contributed by atoms with E-state index in [0.29, 0.717) is 15.0 Å². The molecule has 0 radical (unpaired) electrons. The third kappa shape index (κ3) is 8.51. The van der Waals surface area contributed by atoms with Crippen LogP contribution in [0.3, 0.4) is 0 Å². The zero-order valence-corrected chi connectivity index (χ0v) is 10.8. The number of hydrogen-bond acceptors (Lipinski definition) is 3. The molecule has 16 heavy (non-hydrogen) atoms. The van der Waals surface area contributed by atoms with Gasteiger partial charge in [0.1, 0.15) is 0 Å². The molecule has 0 unspecified atom stereocenters. The van der Waals surface area contributed by atoms with Crippen molar-refractivity contribution in [1.82, 2.24) is 0 Å². The number of thiocarbonyl (C=S) groups is 1. The second-order valence-corrected chi connectivity index (χ2v) is 6.74. The molecule has 2 N–H and O–H groups in total. The van der Waals surface area contributed by atoms with E-state index in [1.165, 1.54) is 12.2 Å². The first-order chi connectivity index (χ1) is 7.43. The van der Waals surface area contributed by atoms with Crippen LogP contribution in [0.4, 0.5) is 0 Å². The van der Waals surface area contributed by atoms with Gasteiger partial charge in [-0.3, -0.25) is 0 Å². The number of carbonyl (C=O) groups is 2. The van der Waals surface area contributed by atoms with Gasteiger partial charge in [-0.05, 0) is 11.5 Å². The van der Waals surface area contributed by atoms with Crippen molar-refractivity contribution < 1.29 is 19.8 Å². The van der Waals surface area contributed by atoms with Gasteiger partial charge in [-0.25, -0.2) is 20.5 Å². The molecule has 0 saturated heterocycles. The quantitative estimate of drug-likeness (QED) is 0.337. The summed E-state index contributed by atoms with van der Waals surface area (Å²) in [5.74, 6) is -1.04. The highest BCUT2D eigenvalue weighted by Gasteiger charge is 2.03. The van der Waals surface area contributed by atoms with E-state index in [-0.39, 0.29) is 0 Å². The fourth-order valence-corrected chi connectivity index (χ4v) is 2.91. The molecule has 0 aliphatic heterocycles. The van der Waals surface area contributed by atoms with Crippen LogP contribution in [0.15, 0.2) is 24.3 Å². The summed E-state index contributed by atoms with van der Waals surface area (Å²) in [6.07, 6.45) is 5.10. The molecule has 0 fully saturated rings. The van der Waals surface area contributed by atoms with Gasteiger partial charge in [0.15, 0.2) is 0 Å². The van der Waals surface area contributed by atoms with Gasteiger partial charge in [-0.1, -0.05) is 24.4 Å². The standard InChI is InChI=1S/C9H12O4S3/c10-7(11)3-1-5-16(9(14)15)6-2-4-8(12)13/h1-4,16H,5-6H2,(H,10,11)(H,12,13)(H,14,15). The molecule has 0 spiro atoms. The third-order valence-corrected chi connectivity index (χ3v) is 4.91. The minimum atomic E-state index is -1.01. The van der Waals surface area contributed by atoms with Crippen LogP contribution >= 0.6 is 35.7 Å². The topological polar surface area (TPSA) is 74.6 Å². The van der Waals surface area contributed by atoms with Gasteiger partial charge < -0.3 is 10.2 Å². The molecular weight excluding hydrogens is 268 g/mol. The van der Waals surface area contributed by atoms with E-state index in [0.717, 1.165) is 12.2 Å². The number of carboxylic acid groups (broad SMARTS) is 2. The molecule has 0 aromatic heterocycles. The Hall–Kier alpha value is -0.790. The molecule has 0 saturated carbocycles. The Kier molecular flexibility index (Phi) is 7.96. The fourth-order valence-electron chi connectivity index (χ4n) is 0.792. The molecule has 0 heterocycles. The molecule has 0 aromatic rings. The first kappa shape index (κ1) is 15.2. The Morgan fingerprint density at radius 3 is 1.75 bits per heavy atom. The normalized spacial score (nSPS) is 14.2. The number of aliphatic carboxylic acids is 2. The predicted octanol–water partition coefficient (Wildman–Crippen LogP) is 1.48. The average Bonchev–Trinajstić information content (AvgIpc) is 2.14. The second kappa shape index (κ2) is 8.37. The Bertz CT molecular complexity index is 310. The van der Waals surface area contributed by atoms with Crippen molar-refractivity contribution in [2.45, 2.75) is 0 Å². The molecule has 0 aliphatic carbocycles. The van der Waals surface area contributed by atoms with Gasteiger partial charge in [0.05, 0.1) is 3.53 Å². The lowest BCUT2D eigenvalue weighted by molar-refractivity contribution is -0.132. The summed E-state index contributed by atoms with van der Waals surface area (Å²) >= 11 is 8.95. The maximum Gasteiger partial charge on any atom is 0.328 e. The zero-order valence-electron chi connectivity index (χ0n) is 8.24. The highest BCUT2D eigenvalue weighted by Crippen LogP contribution is 2.29. The van der Waals surface area contributed by atoms with E-state index < -0.39 is 22.8 Å². The lowest BCUT2D eigenvalue weighted by atomic mass is 10.5. The average molecular weight is 280 g/mol. The lowest BCUT2D eigenvalue weighted by Gasteiger charge is -2.14. The largest absolute Gasteiger partial charge is 0.478 e. The van der Waals surface area contributed by atoms with E-state index in [4.69, 9.17) is 22.4 Å². The molecular formula is C9H12O4S3. The summed E-state index contributed by atoms with van der Waals surface area (Å²) in [6, 6.07) is 0. The number of carboxylic acids is 2. The molecule has 90 valence electrons. The summed E-state index contributed by atoms with van der Waals surface area (Å²) in [5, 5.41) is 16.8. The molecule has 0 aromatic carbocycles. The second-order valence-electron chi connectivity index (χ2n) is 2.67. The van der Waals surface area contributed by atoms with Crippen molar-refractivity contribution in [3.8, 4) is 0 Å². The number of rotatable bonds is 6. The van der Waals surface area contributed by atoms with Crippen LogP contribution in [0.1, 0.15) is 0 Å². The summed E-state index contributed by atoms with van der Waals surface area (Å²) in [7, 11) is -0.786. The molecule has 7 heteroatoms. The lowest BCUT2D eigenvalue weighted by Crippen LogP contribution is -1.98. The van der Waals surface area contributed by atoms with Crippen molar-refractivity contribution in [3.05, 3.63) is 24.3 Å². The maximum absolute atomic E-state index is 10.2. The Balaban J connectivity index is 4.23. The van der Waals surface area contributed by atoms with E-state index >= 15 is 0 Å². The van der Waals surface area contributed by atoms with Gasteiger partial charge in [0.2, 0.25) is 0 Å². The van der Waals surface area contributed by atoms with E-state index in [1.54, 1.807) is 0 Å². The Morgan fingerprint density at radius 2 is 1.50 bits per heavy atom. The number of thiol groups is 2. The van der Waals surface area contributed by atoms with Crippen LogP contribution in [0.2, 0.25) is 0 Å². The smallest absolute Gasteiger partial charge is 0.328 e. The van der Waals surface area contributed by atoms with Gasteiger partial charge in [-0.2, -0.15) is 0 Å². The first-order valence-electron chi connectivity index (χ1n) is 4.20. The number of hydrogen-bond donors (Lipinski definition) is 4. The van der Waals surface area contributed by atoms with Crippen molar-refractivity contribution in [2.75, 3.05) is 11.5 Å². The van der Waals surface area contributed by atoms with Gasteiger partial charge >= 0.3 is 11.9 Å². The zero-order chi connectivity index (χ0) is 12.6. The molecule has 4 nitrogen and oxygen atoms in total. The Labute approximate surface area is 107 Å². The van der Waals surface area contributed by atoms with Crippen LogP contribution < -0.4 is 0 Å². The van der Waals surface area contributed by atoms with Crippen molar-refractivity contribution in [3.63, 3.8) is 0 Å². The fraction of sp³-hybridized carbons (Fsp3) is 0.222. The molecule has 0 bridgehead atoms. The summed E-state index contributed by atoms with van der Waals surface area (Å²) in [4.78, 5) is 20.5. The van der Waals surface area contributed by atoms with Gasteiger partial charge in [-0.15, -0.1) is 12.6 Å². The Morgan fingerprint density at radius 1 is 1.12 bits per heavy atom. The molecule has 0 rings (SSSR count). The van der Waals surface area contributed by atoms with E-state index in [1.807, 2.05) is 0 Å². The van der Waals surface area contributed by atoms with Crippen LogP contribution in [0, 0.1) is 0 Å². The molecule has 0 amide bonds. The monoisotopic (exact) mass is 280 g/mol. The van der Waals surface area contributed by atoms with Gasteiger partial charge in [0, 0.05) is 12.2 Å². The van der Waals surface area contributed by atoms with Crippen molar-refractivity contribution in [1.29, 1.82) is 0 Å². The summed E-state index contributed by atoms with van der Waals surface area (Å²) in [6.45, 7) is 0. The van der Waals surface area contributed by atoms with Crippen LogP contribution in [0.5, 0.6) is 0 Å². The molecule has 0 aliphatic rings. The summed E-state index contributed by atoms with van der Waals surface area (Å²) in [5.41, 5.74) is 0. The first-order valence-corrected chi connectivity index (χ1v) is 6.77.